The van der Waals surface area contributed by atoms with Gasteiger partial charge in [-0.1, -0.05) is 50.7 Å². The summed E-state index contributed by atoms with van der Waals surface area (Å²) in [7, 11) is -2.50. The highest BCUT2D eigenvalue weighted by Gasteiger charge is 2.23. The average molecular weight is 488 g/mol. The predicted octanol–water partition coefficient (Wildman–Crippen LogP) is 3.64. The third-order valence-electron chi connectivity index (χ3n) is 4.76. The number of methoxy groups -OCH3 is 1. The van der Waals surface area contributed by atoms with Gasteiger partial charge in [0.05, 0.1) is 24.0 Å². The van der Waals surface area contributed by atoms with Crippen molar-refractivity contribution in [3.8, 4) is 5.75 Å². The van der Waals surface area contributed by atoms with Crippen LogP contribution in [0.2, 0.25) is 0 Å². The second-order valence-electron chi connectivity index (χ2n) is 8.23. The molecule has 2 aromatic carbocycles. The fourth-order valence-electron chi connectivity index (χ4n) is 2.92. The van der Waals surface area contributed by atoms with Crippen LogP contribution in [0.5, 0.6) is 5.75 Å². The molecule has 0 saturated heterocycles. The van der Waals surface area contributed by atoms with E-state index in [4.69, 9.17) is 4.74 Å². The molecule has 1 amide bonds. The quantitative estimate of drug-likeness (QED) is 0.386. The molecule has 10 heteroatoms. The summed E-state index contributed by atoms with van der Waals surface area (Å²) in [6.07, 6.45) is 1.02. The Morgan fingerprint density at radius 3 is 2.45 bits per heavy atom. The smallest absolute Gasteiger partial charge is 0.270 e. The van der Waals surface area contributed by atoms with E-state index in [1.807, 2.05) is 20.8 Å². The number of ether oxygens (including phenoxy) is 1. The number of thioether (sulfide) groups is 1. The summed E-state index contributed by atoms with van der Waals surface area (Å²) in [4.78, 5) is 30.7. The molecule has 2 N–H and O–H groups in total. The standard InChI is InChI=1S/C23H25N3O5S2/c1-23(2,3)15-8-10-18(11-9-15)33(29,30)19-13-24-22(26-21(19)28)32-14-20(27)25-16-6-5-7-17(12-16)31-4/h5-13H,14H2,1-4H3,(H,25,27)(H,24,26,28). The number of carbonyl (C=O) groups is 1. The summed E-state index contributed by atoms with van der Waals surface area (Å²) < 4.78 is 30.9. The lowest BCUT2D eigenvalue weighted by Crippen LogP contribution is -2.20. The van der Waals surface area contributed by atoms with E-state index in [0.717, 1.165) is 23.5 Å². The SMILES string of the molecule is COc1cccc(NC(=O)CSc2ncc(S(=O)(=O)c3ccc(C(C)(C)C)cc3)c(=O)[nH]2)c1. The summed E-state index contributed by atoms with van der Waals surface area (Å²) in [6, 6.07) is 13.3. The number of sulfone groups is 1. The van der Waals surface area contributed by atoms with Crippen LogP contribution in [0.25, 0.3) is 0 Å². The minimum Gasteiger partial charge on any atom is -0.497 e. The summed E-state index contributed by atoms with van der Waals surface area (Å²) in [5.74, 6) is 0.267. The first-order valence-corrected chi connectivity index (χ1v) is 12.5. The second kappa shape index (κ2) is 9.80. The Labute approximate surface area is 196 Å². The van der Waals surface area contributed by atoms with Crippen molar-refractivity contribution in [2.45, 2.75) is 41.1 Å². The summed E-state index contributed by atoms with van der Waals surface area (Å²) >= 11 is 0.987. The van der Waals surface area contributed by atoms with Gasteiger partial charge in [0, 0.05) is 11.8 Å². The lowest BCUT2D eigenvalue weighted by Gasteiger charge is -2.19. The molecule has 33 heavy (non-hydrogen) atoms. The maximum atomic E-state index is 12.9. The number of aromatic amines is 1. The Morgan fingerprint density at radius 2 is 1.85 bits per heavy atom. The maximum Gasteiger partial charge on any atom is 0.270 e. The van der Waals surface area contributed by atoms with Crippen molar-refractivity contribution in [2.24, 2.45) is 0 Å². The Balaban J connectivity index is 1.70. The summed E-state index contributed by atoms with van der Waals surface area (Å²) in [5.41, 5.74) is 0.632. The van der Waals surface area contributed by atoms with E-state index >= 15 is 0 Å². The molecule has 3 rings (SSSR count). The number of benzene rings is 2. The van der Waals surface area contributed by atoms with Gasteiger partial charge in [-0.05, 0) is 35.2 Å². The Morgan fingerprint density at radius 1 is 1.15 bits per heavy atom. The molecular formula is C23H25N3O5S2. The minimum absolute atomic E-state index is 0.0147. The van der Waals surface area contributed by atoms with Gasteiger partial charge in [0.25, 0.3) is 5.56 Å². The van der Waals surface area contributed by atoms with Crippen molar-refractivity contribution < 1.29 is 17.9 Å². The predicted molar refractivity (Wildman–Crippen MR) is 128 cm³/mol. The van der Waals surface area contributed by atoms with E-state index in [1.54, 1.807) is 36.4 Å². The molecule has 1 aromatic heterocycles. The van der Waals surface area contributed by atoms with Crippen molar-refractivity contribution in [3.05, 3.63) is 70.6 Å². The molecule has 0 saturated carbocycles. The van der Waals surface area contributed by atoms with Crippen LogP contribution in [-0.4, -0.2) is 37.2 Å². The number of hydrogen-bond donors (Lipinski definition) is 2. The van der Waals surface area contributed by atoms with Crippen LogP contribution in [0.4, 0.5) is 5.69 Å². The molecule has 0 bridgehead atoms. The van der Waals surface area contributed by atoms with Gasteiger partial charge in [-0.25, -0.2) is 13.4 Å². The van der Waals surface area contributed by atoms with E-state index in [2.05, 4.69) is 15.3 Å². The molecule has 0 aliphatic rings. The third kappa shape index (κ3) is 6.02. The topological polar surface area (TPSA) is 118 Å². The zero-order chi connectivity index (χ0) is 24.2. The highest BCUT2D eigenvalue weighted by atomic mass is 32.2. The van der Waals surface area contributed by atoms with E-state index in [9.17, 15) is 18.0 Å². The zero-order valence-electron chi connectivity index (χ0n) is 18.7. The van der Waals surface area contributed by atoms with E-state index in [0.29, 0.717) is 11.4 Å². The van der Waals surface area contributed by atoms with Crippen molar-refractivity contribution in [2.75, 3.05) is 18.2 Å². The van der Waals surface area contributed by atoms with Gasteiger partial charge in [-0.2, -0.15) is 0 Å². The maximum absolute atomic E-state index is 12.9. The van der Waals surface area contributed by atoms with Gasteiger partial charge in [0.15, 0.2) is 10.1 Å². The van der Waals surface area contributed by atoms with Gasteiger partial charge in [-0.15, -0.1) is 0 Å². The Hall–Kier alpha value is -3.11. The Bertz CT molecular complexity index is 1310. The molecule has 0 fully saturated rings. The summed E-state index contributed by atoms with van der Waals surface area (Å²) in [5, 5.41) is 2.86. The van der Waals surface area contributed by atoms with Crippen LogP contribution in [0.1, 0.15) is 26.3 Å². The molecule has 3 aromatic rings. The molecule has 174 valence electrons. The van der Waals surface area contributed by atoms with Crippen LogP contribution < -0.4 is 15.6 Å². The molecule has 0 unspecified atom stereocenters. The number of anilines is 1. The van der Waals surface area contributed by atoms with Crippen molar-refractivity contribution in [1.82, 2.24) is 9.97 Å². The van der Waals surface area contributed by atoms with Gasteiger partial charge in [0.2, 0.25) is 15.7 Å². The second-order valence-corrected chi connectivity index (χ2v) is 11.1. The van der Waals surface area contributed by atoms with Crippen molar-refractivity contribution in [1.29, 1.82) is 0 Å². The largest absolute Gasteiger partial charge is 0.497 e. The normalized spacial score (nSPS) is 11.8. The monoisotopic (exact) mass is 487 g/mol. The molecule has 0 spiro atoms. The fraction of sp³-hybridized carbons (Fsp3) is 0.261. The number of hydrogen-bond acceptors (Lipinski definition) is 7. The number of carbonyl (C=O) groups excluding carboxylic acids is 1. The number of amides is 1. The molecule has 0 atom stereocenters. The number of nitrogens with one attached hydrogen (secondary N) is 2. The number of nitrogens with zero attached hydrogens (tertiary/aromatic N) is 1. The molecule has 1 heterocycles. The van der Waals surface area contributed by atoms with Crippen LogP contribution >= 0.6 is 11.8 Å². The Kier molecular flexibility index (Phi) is 7.28. The number of H-pyrrole nitrogens is 1. The number of aromatic nitrogens is 2. The van der Waals surface area contributed by atoms with Crippen LogP contribution in [-0.2, 0) is 20.0 Å². The molecular weight excluding hydrogens is 462 g/mol. The first-order chi connectivity index (χ1) is 15.5. The lowest BCUT2D eigenvalue weighted by atomic mass is 9.87. The van der Waals surface area contributed by atoms with Crippen LogP contribution in [0.15, 0.2) is 74.5 Å². The molecule has 0 aliphatic carbocycles. The summed E-state index contributed by atoms with van der Waals surface area (Å²) in [6.45, 7) is 6.08. The van der Waals surface area contributed by atoms with E-state index in [-0.39, 0.29) is 27.1 Å². The van der Waals surface area contributed by atoms with Gasteiger partial charge in [0.1, 0.15) is 5.75 Å². The minimum atomic E-state index is -4.03. The van der Waals surface area contributed by atoms with Crippen molar-refractivity contribution in [3.63, 3.8) is 0 Å². The molecule has 0 radical (unpaired) electrons. The van der Waals surface area contributed by atoms with Gasteiger partial charge >= 0.3 is 0 Å². The highest BCUT2D eigenvalue weighted by Crippen LogP contribution is 2.25. The third-order valence-corrected chi connectivity index (χ3v) is 7.41. The first kappa shape index (κ1) is 24.5. The fourth-order valence-corrected chi connectivity index (χ4v) is 4.79. The van der Waals surface area contributed by atoms with Gasteiger partial charge < -0.3 is 15.0 Å². The highest BCUT2D eigenvalue weighted by molar-refractivity contribution is 7.99. The molecule has 8 nitrogen and oxygen atoms in total. The van der Waals surface area contributed by atoms with Crippen LogP contribution in [0, 0.1) is 0 Å². The number of rotatable bonds is 7. The van der Waals surface area contributed by atoms with E-state index < -0.39 is 20.3 Å². The van der Waals surface area contributed by atoms with E-state index in [1.165, 1.54) is 19.2 Å². The van der Waals surface area contributed by atoms with Crippen LogP contribution in [0.3, 0.4) is 0 Å². The lowest BCUT2D eigenvalue weighted by molar-refractivity contribution is -0.113. The van der Waals surface area contributed by atoms with Gasteiger partial charge in [-0.3, -0.25) is 9.59 Å². The molecule has 0 aliphatic heterocycles. The van der Waals surface area contributed by atoms with Crippen molar-refractivity contribution >= 4 is 33.2 Å². The zero-order valence-corrected chi connectivity index (χ0v) is 20.3. The first-order valence-electron chi connectivity index (χ1n) is 10.0. The average Bonchev–Trinajstić information content (AvgIpc) is 2.77.